The lowest BCUT2D eigenvalue weighted by atomic mass is 10.1. The number of hydrogen-bond acceptors (Lipinski definition) is 5. The zero-order chi connectivity index (χ0) is 20.7. The summed E-state index contributed by atoms with van der Waals surface area (Å²) < 4.78 is 0. The Morgan fingerprint density at radius 1 is 0.931 bits per heavy atom. The SMILES string of the molecule is CN1C(=O)C(=O)N(Cc2ccc(C(=O)Nc3ccc4[nH]c(=O)[nH]c4c3)cc2)C1=O. The van der Waals surface area contributed by atoms with Crippen molar-refractivity contribution >= 4 is 40.5 Å². The van der Waals surface area contributed by atoms with E-state index in [1.54, 1.807) is 42.5 Å². The quantitative estimate of drug-likeness (QED) is 0.449. The Hall–Kier alpha value is -4.21. The van der Waals surface area contributed by atoms with Gasteiger partial charge in [-0.25, -0.2) is 9.59 Å². The van der Waals surface area contributed by atoms with Gasteiger partial charge in [-0.2, -0.15) is 0 Å². The first-order valence-corrected chi connectivity index (χ1v) is 8.59. The highest BCUT2D eigenvalue weighted by molar-refractivity contribution is 6.44. The van der Waals surface area contributed by atoms with Crippen LogP contribution in [0.25, 0.3) is 11.0 Å². The third-order valence-electron chi connectivity index (χ3n) is 4.58. The number of hydrogen-bond donors (Lipinski definition) is 3. The summed E-state index contributed by atoms with van der Waals surface area (Å²) in [5.41, 5.74) is 2.34. The Morgan fingerprint density at radius 2 is 1.62 bits per heavy atom. The van der Waals surface area contributed by atoms with Gasteiger partial charge in [0.1, 0.15) is 0 Å². The van der Waals surface area contributed by atoms with Gasteiger partial charge in [-0.1, -0.05) is 12.1 Å². The molecule has 2 heterocycles. The number of likely N-dealkylation sites (N-methyl/N-ethyl adjacent to an activating group) is 1. The summed E-state index contributed by atoms with van der Waals surface area (Å²) in [6, 6.07) is 10.6. The van der Waals surface area contributed by atoms with E-state index in [0.29, 0.717) is 27.8 Å². The molecule has 0 aliphatic carbocycles. The number of anilines is 1. The molecular weight excluding hydrogens is 378 g/mol. The number of fused-ring (bicyclic) bond motifs is 1. The first-order chi connectivity index (χ1) is 13.8. The molecule has 3 aromatic rings. The molecule has 1 fully saturated rings. The van der Waals surface area contributed by atoms with Crippen molar-refractivity contribution in [2.24, 2.45) is 0 Å². The minimum absolute atomic E-state index is 0.0623. The zero-order valence-corrected chi connectivity index (χ0v) is 15.2. The lowest BCUT2D eigenvalue weighted by Gasteiger charge is -2.13. The van der Waals surface area contributed by atoms with Crippen molar-refractivity contribution in [1.82, 2.24) is 19.8 Å². The Labute approximate surface area is 163 Å². The minimum Gasteiger partial charge on any atom is -0.322 e. The van der Waals surface area contributed by atoms with E-state index in [2.05, 4.69) is 15.3 Å². The summed E-state index contributed by atoms with van der Waals surface area (Å²) in [6.07, 6.45) is 0. The van der Waals surface area contributed by atoms with Gasteiger partial charge in [0.2, 0.25) is 0 Å². The molecule has 0 spiro atoms. The number of benzene rings is 2. The third-order valence-corrected chi connectivity index (χ3v) is 4.58. The number of rotatable bonds is 4. The molecule has 29 heavy (non-hydrogen) atoms. The number of urea groups is 1. The molecule has 2 aromatic carbocycles. The third kappa shape index (κ3) is 3.27. The lowest BCUT2D eigenvalue weighted by molar-refractivity contribution is -0.143. The molecule has 146 valence electrons. The number of nitrogens with zero attached hydrogens (tertiary/aromatic N) is 2. The van der Waals surface area contributed by atoms with Gasteiger partial charge in [0, 0.05) is 18.3 Å². The molecule has 1 aromatic heterocycles. The van der Waals surface area contributed by atoms with Gasteiger partial charge < -0.3 is 15.3 Å². The van der Waals surface area contributed by atoms with Crippen molar-refractivity contribution in [3.63, 3.8) is 0 Å². The van der Waals surface area contributed by atoms with Crippen LogP contribution in [0.2, 0.25) is 0 Å². The van der Waals surface area contributed by atoms with Crippen LogP contribution in [-0.2, 0) is 16.1 Å². The average molecular weight is 393 g/mol. The van der Waals surface area contributed by atoms with E-state index in [-0.39, 0.29) is 18.1 Å². The average Bonchev–Trinajstić information content (AvgIpc) is 3.16. The predicted octanol–water partition coefficient (Wildman–Crippen LogP) is 1.03. The largest absolute Gasteiger partial charge is 0.334 e. The number of aromatic amines is 2. The number of H-pyrrole nitrogens is 2. The number of imide groups is 2. The Kier molecular flexibility index (Phi) is 4.23. The Morgan fingerprint density at radius 3 is 2.28 bits per heavy atom. The predicted molar refractivity (Wildman–Crippen MR) is 102 cm³/mol. The van der Waals surface area contributed by atoms with Crippen molar-refractivity contribution in [2.75, 3.05) is 12.4 Å². The van der Waals surface area contributed by atoms with Crippen molar-refractivity contribution in [3.8, 4) is 0 Å². The van der Waals surface area contributed by atoms with Crippen LogP contribution in [0, 0.1) is 0 Å². The van der Waals surface area contributed by atoms with Gasteiger partial charge in [-0.05, 0) is 35.9 Å². The molecule has 3 N–H and O–H groups in total. The van der Waals surface area contributed by atoms with Crippen molar-refractivity contribution in [2.45, 2.75) is 6.54 Å². The van der Waals surface area contributed by atoms with E-state index in [9.17, 15) is 24.0 Å². The zero-order valence-electron chi connectivity index (χ0n) is 15.2. The van der Waals surface area contributed by atoms with Crippen LogP contribution in [0.4, 0.5) is 10.5 Å². The molecule has 1 saturated heterocycles. The molecule has 0 unspecified atom stereocenters. The normalized spacial score (nSPS) is 14.2. The van der Waals surface area contributed by atoms with Gasteiger partial charge in [0.05, 0.1) is 17.6 Å². The Bertz CT molecular complexity index is 1220. The van der Waals surface area contributed by atoms with E-state index in [1.807, 2.05) is 0 Å². The molecular formula is C19H15N5O5. The topological polar surface area (TPSA) is 135 Å². The molecule has 0 radical (unpaired) electrons. The maximum Gasteiger partial charge on any atom is 0.334 e. The monoisotopic (exact) mass is 393 g/mol. The highest BCUT2D eigenvalue weighted by Crippen LogP contribution is 2.17. The molecule has 0 bridgehead atoms. The standard InChI is InChI=1S/C19H15N5O5/c1-23-16(26)17(27)24(19(23)29)9-10-2-4-11(5-3-10)15(25)20-12-6-7-13-14(8-12)22-18(28)21-13/h2-8H,9H2,1H3,(H,20,25)(H2,21,22,28). The molecule has 1 aliphatic rings. The van der Waals surface area contributed by atoms with Crippen LogP contribution in [0.3, 0.4) is 0 Å². The summed E-state index contributed by atoms with van der Waals surface area (Å²) in [5, 5.41) is 2.73. The van der Waals surface area contributed by atoms with Crippen molar-refractivity contribution in [3.05, 3.63) is 64.1 Å². The van der Waals surface area contributed by atoms with Crippen molar-refractivity contribution in [1.29, 1.82) is 0 Å². The van der Waals surface area contributed by atoms with Gasteiger partial charge >= 0.3 is 23.5 Å². The molecule has 10 nitrogen and oxygen atoms in total. The lowest BCUT2D eigenvalue weighted by Crippen LogP contribution is -2.31. The van der Waals surface area contributed by atoms with E-state index in [1.165, 1.54) is 7.05 Å². The molecule has 4 rings (SSSR count). The summed E-state index contributed by atoms with van der Waals surface area (Å²) in [7, 11) is 1.25. The number of imidazole rings is 1. The number of nitrogens with one attached hydrogen (secondary N) is 3. The van der Waals surface area contributed by atoms with Crippen LogP contribution in [0.15, 0.2) is 47.3 Å². The van der Waals surface area contributed by atoms with Crippen LogP contribution in [-0.4, -0.2) is 50.6 Å². The maximum absolute atomic E-state index is 12.4. The fourth-order valence-corrected chi connectivity index (χ4v) is 3.01. The second-order valence-corrected chi connectivity index (χ2v) is 6.53. The fourth-order valence-electron chi connectivity index (χ4n) is 3.01. The number of carbonyl (C=O) groups is 4. The Balaban J connectivity index is 1.46. The number of carbonyl (C=O) groups excluding carboxylic acids is 4. The first-order valence-electron chi connectivity index (χ1n) is 8.59. The highest BCUT2D eigenvalue weighted by atomic mass is 16.2. The van der Waals surface area contributed by atoms with Gasteiger partial charge in [-0.15, -0.1) is 0 Å². The van der Waals surface area contributed by atoms with E-state index >= 15 is 0 Å². The molecule has 1 aliphatic heterocycles. The molecule has 10 heteroatoms. The molecule has 0 saturated carbocycles. The van der Waals surface area contributed by atoms with Crippen molar-refractivity contribution < 1.29 is 19.2 Å². The van der Waals surface area contributed by atoms with Gasteiger partial charge in [0.25, 0.3) is 5.91 Å². The second-order valence-electron chi connectivity index (χ2n) is 6.53. The van der Waals surface area contributed by atoms with Crippen LogP contribution in [0.1, 0.15) is 15.9 Å². The smallest absolute Gasteiger partial charge is 0.322 e. The fraction of sp³-hybridized carbons (Fsp3) is 0.105. The summed E-state index contributed by atoms with van der Waals surface area (Å²) in [5.74, 6) is -2.11. The van der Waals surface area contributed by atoms with Gasteiger partial charge in [-0.3, -0.25) is 24.2 Å². The van der Waals surface area contributed by atoms with Crippen LogP contribution in [0.5, 0.6) is 0 Å². The van der Waals surface area contributed by atoms with Gasteiger partial charge in [0.15, 0.2) is 0 Å². The number of aromatic nitrogens is 2. The number of amides is 5. The van der Waals surface area contributed by atoms with E-state index in [4.69, 9.17) is 0 Å². The van der Waals surface area contributed by atoms with Crippen LogP contribution < -0.4 is 11.0 Å². The highest BCUT2D eigenvalue weighted by Gasteiger charge is 2.41. The second kappa shape index (κ2) is 6.75. The summed E-state index contributed by atoms with van der Waals surface area (Å²) in [4.78, 5) is 65.9. The van der Waals surface area contributed by atoms with Crippen LogP contribution >= 0.6 is 0 Å². The summed E-state index contributed by atoms with van der Waals surface area (Å²) >= 11 is 0. The van der Waals surface area contributed by atoms with E-state index < -0.39 is 17.8 Å². The first kappa shape index (κ1) is 18.2. The molecule has 0 atom stereocenters. The minimum atomic E-state index is -0.877. The maximum atomic E-state index is 12.4. The van der Waals surface area contributed by atoms with E-state index in [0.717, 1.165) is 9.80 Å². The molecule has 5 amide bonds. The summed E-state index contributed by atoms with van der Waals surface area (Å²) in [6.45, 7) is -0.0623.